The van der Waals surface area contributed by atoms with E-state index >= 15 is 0 Å². The molecular weight excluding hydrogens is 250 g/mol. The Morgan fingerprint density at radius 1 is 1.28 bits per heavy atom. The molecule has 0 amide bonds. The summed E-state index contributed by atoms with van der Waals surface area (Å²) in [6.45, 7) is 0. The van der Waals surface area contributed by atoms with E-state index in [1.807, 2.05) is 24.3 Å². The molecule has 1 N–H and O–H groups in total. The van der Waals surface area contributed by atoms with Crippen molar-refractivity contribution in [1.29, 1.82) is 0 Å². The highest BCUT2D eigenvalue weighted by Gasteiger charge is 2.11. The van der Waals surface area contributed by atoms with E-state index in [4.69, 9.17) is 16.3 Å². The number of H-pyrrole nitrogens is 1. The minimum absolute atomic E-state index is 0.638. The molecule has 0 unspecified atom stereocenters. The fourth-order valence-corrected chi connectivity index (χ4v) is 2.01. The molecule has 0 bridgehead atoms. The zero-order valence-electron chi connectivity index (χ0n) is 9.64. The highest BCUT2D eigenvalue weighted by Crippen LogP contribution is 2.31. The van der Waals surface area contributed by atoms with Gasteiger partial charge in [-0.15, -0.1) is 0 Å². The van der Waals surface area contributed by atoms with Crippen LogP contribution in [0.4, 0.5) is 0 Å². The number of aromatic nitrogens is 3. The Labute approximate surface area is 109 Å². The van der Waals surface area contributed by atoms with Crippen LogP contribution in [0.1, 0.15) is 0 Å². The summed E-state index contributed by atoms with van der Waals surface area (Å²) in [5.41, 5.74) is 2.38. The van der Waals surface area contributed by atoms with Crippen molar-refractivity contribution in [2.24, 2.45) is 0 Å². The third-order valence-corrected chi connectivity index (χ3v) is 2.91. The van der Waals surface area contributed by atoms with Crippen LogP contribution in [0.15, 0.2) is 36.5 Å². The van der Waals surface area contributed by atoms with Crippen LogP contribution >= 0.6 is 11.6 Å². The molecule has 0 fully saturated rings. The van der Waals surface area contributed by atoms with Gasteiger partial charge in [0, 0.05) is 11.2 Å². The number of pyridine rings is 1. The van der Waals surface area contributed by atoms with Crippen molar-refractivity contribution in [3.8, 4) is 17.1 Å². The first-order valence-electron chi connectivity index (χ1n) is 5.42. The van der Waals surface area contributed by atoms with E-state index in [-0.39, 0.29) is 0 Å². The topological polar surface area (TPSA) is 50.8 Å². The Balaban J connectivity index is 2.22. The Morgan fingerprint density at radius 3 is 2.94 bits per heavy atom. The van der Waals surface area contributed by atoms with Crippen molar-refractivity contribution in [3.05, 3.63) is 41.6 Å². The number of aromatic amines is 1. The van der Waals surface area contributed by atoms with Gasteiger partial charge in [0.05, 0.1) is 18.2 Å². The summed E-state index contributed by atoms with van der Waals surface area (Å²) in [6.07, 6.45) is 1.71. The molecule has 2 aromatic heterocycles. The summed E-state index contributed by atoms with van der Waals surface area (Å²) >= 11 is 6.01. The van der Waals surface area contributed by atoms with Gasteiger partial charge in [-0.1, -0.05) is 11.6 Å². The quantitative estimate of drug-likeness (QED) is 0.768. The number of halogens is 1. The van der Waals surface area contributed by atoms with E-state index in [0.717, 1.165) is 16.8 Å². The summed E-state index contributed by atoms with van der Waals surface area (Å²) < 4.78 is 5.31. The van der Waals surface area contributed by atoms with Crippen molar-refractivity contribution in [2.45, 2.75) is 0 Å². The van der Waals surface area contributed by atoms with Crippen LogP contribution < -0.4 is 4.74 Å². The highest BCUT2D eigenvalue weighted by molar-refractivity contribution is 6.30. The number of nitrogens with zero attached hydrogens (tertiary/aromatic N) is 2. The normalized spacial score (nSPS) is 10.8. The molecule has 90 valence electrons. The number of fused-ring (bicyclic) bond motifs is 1. The number of benzene rings is 1. The zero-order chi connectivity index (χ0) is 12.5. The maximum absolute atomic E-state index is 6.01. The Kier molecular flexibility index (Phi) is 2.64. The average molecular weight is 260 g/mol. The van der Waals surface area contributed by atoms with E-state index in [1.54, 1.807) is 19.4 Å². The van der Waals surface area contributed by atoms with E-state index in [9.17, 15) is 0 Å². The number of imidazole rings is 1. The molecule has 0 saturated heterocycles. The first-order valence-corrected chi connectivity index (χ1v) is 5.80. The Hall–Kier alpha value is -2.07. The van der Waals surface area contributed by atoms with Crippen molar-refractivity contribution < 1.29 is 4.74 Å². The second-order valence-electron chi connectivity index (χ2n) is 3.80. The van der Waals surface area contributed by atoms with Crippen LogP contribution in [0.2, 0.25) is 5.02 Å². The first kappa shape index (κ1) is 11.0. The van der Waals surface area contributed by atoms with Gasteiger partial charge < -0.3 is 9.72 Å². The molecule has 0 atom stereocenters. The molecule has 3 aromatic rings. The maximum Gasteiger partial charge on any atom is 0.178 e. The van der Waals surface area contributed by atoms with Crippen molar-refractivity contribution in [1.82, 2.24) is 15.0 Å². The maximum atomic E-state index is 6.01. The number of methoxy groups -OCH3 is 1. The average Bonchev–Trinajstić information content (AvgIpc) is 2.82. The van der Waals surface area contributed by atoms with Crippen LogP contribution in [0.25, 0.3) is 22.6 Å². The van der Waals surface area contributed by atoms with Gasteiger partial charge in [0.15, 0.2) is 5.65 Å². The molecule has 4 nitrogen and oxygen atoms in total. The van der Waals surface area contributed by atoms with Gasteiger partial charge in [-0.3, -0.25) is 0 Å². The molecule has 0 saturated carbocycles. The van der Waals surface area contributed by atoms with Gasteiger partial charge >= 0.3 is 0 Å². The molecule has 5 heteroatoms. The smallest absolute Gasteiger partial charge is 0.178 e. The zero-order valence-corrected chi connectivity index (χ0v) is 10.4. The van der Waals surface area contributed by atoms with Crippen LogP contribution in [-0.2, 0) is 0 Å². The molecule has 0 aliphatic carbocycles. The first-order chi connectivity index (χ1) is 8.78. The number of rotatable bonds is 2. The number of hydrogen-bond donors (Lipinski definition) is 1. The predicted octanol–water partition coefficient (Wildman–Crippen LogP) is 3.29. The Bertz CT molecular complexity index is 675. The molecule has 2 heterocycles. The van der Waals surface area contributed by atoms with E-state index in [1.165, 1.54) is 0 Å². The molecular formula is C13H10ClN3O. The lowest BCUT2D eigenvalue weighted by Crippen LogP contribution is -1.89. The molecule has 1 aromatic carbocycles. The fourth-order valence-electron chi connectivity index (χ4n) is 1.84. The number of nitrogens with one attached hydrogen (secondary N) is 1. The summed E-state index contributed by atoms with van der Waals surface area (Å²) in [7, 11) is 1.62. The SMILES string of the molecule is COc1ccc(Cl)cc1-c1nc2ncccc2[nH]1. The van der Waals surface area contributed by atoms with Crippen molar-refractivity contribution in [2.75, 3.05) is 7.11 Å². The second-order valence-corrected chi connectivity index (χ2v) is 4.24. The highest BCUT2D eigenvalue weighted by atomic mass is 35.5. The summed E-state index contributed by atoms with van der Waals surface area (Å²) in [4.78, 5) is 11.8. The summed E-state index contributed by atoms with van der Waals surface area (Å²) in [6, 6.07) is 9.20. The molecule has 0 spiro atoms. The van der Waals surface area contributed by atoms with Crippen molar-refractivity contribution >= 4 is 22.8 Å². The van der Waals surface area contributed by atoms with Crippen molar-refractivity contribution in [3.63, 3.8) is 0 Å². The monoisotopic (exact) mass is 259 g/mol. The standard InChI is InChI=1S/C13H10ClN3O/c1-18-11-5-4-8(14)7-9(11)12-16-10-3-2-6-15-13(10)17-12/h2-7H,1H3,(H,15,16,17). The van der Waals surface area contributed by atoms with Gasteiger partial charge in [-0.2, -0.15) is 0 Å². The predicted molar refractivity (Wildman–Crippen MR) is 70.9 cm³/mol. The number of ether oxygens (including phenoxy) is 1. The fraction of sp³-hybridized carbons (Fsp3) is 0.0769. The van der Waals surface area contributed by atoms with Gasteiger partial charge in [0.2, 0.25) is 0 Å². The van der Waals surface area contributed by atoms with Crippen LogP contribution in [-0.4, -0.2) is 22.1 Å². The van der Waals surface area contributed by atoms with Crippen LogP contribution in [0.3, 0.4) is 0 Å². The molecule has 3 rings (SSSR count). The molecule has 18 heavy (non-hydrogen) atoms. The van der Waals surface area contributed by atoms with E-state index in [2.05, 4.69) is 15.0 Å². The minimum Gasteiger partial charge on any atom is -0.496 e. The summed E-state index contributed by atoms with van der Waals surface area (Å²) in [5, 5.41) is 0.638. The van der Waals surface area contributed by atoms with Gasteiger partial charge in [0.1, 0.15) is 11.6 Å². The van der Waals surface area contributed by atoms with E-state index < -0.39 is 0 Å². The minimum atomic E-state index is 0.638. The lowest BCUT2D eigenvalue weighted by molar-refractivity contribution is 0.416. The second kappa shape index (κ2) is 4.31. The van der Waals surface area contributed by atoms with E-state index in [0.29, 0.717) is 16.5 Å². The summed E-state index contributed by atoms with van der Waals surface area (Å²) in [5.74, 6) is 1.42. The number of hydrogen-bond acceptors (Lipinski definition) is 3. The third-order valence-electron chi connectivity index (χ3n) is 2.67. The molecule has 0 aliphatic heterocycles. The molecule has 0 radical (unpaired) electrons. The van der Waals surface area contributed by atoms with Gasteiger partial charge in [-0.05, 0) is 30.3 Å². The Morgan fingerprint density at radius 2 is 2.17 bits per heavy atom. The largest absolute Gasteiger partial charge is 0.496 e. The van der Waals surface area contributed by atoms with Gasteiger partial charge in [0.25, 0.3) is 0 Å². The molecule has 0 aliphatic rings. The van der Waals surface area contributed by atoms with Gasteiger partial charge in [-0.25, -0.2) is 9.97 Å². The lowest BCUT2D eigenvalue weighted by Gasteiger charge is -2.05. The lowest BCUT2D eigenvalue weighted by atomic mass is 10.2. The third kappa shape index (κ3) is 1.80. The van der Waals surface area contributed by atoms with Crippen LogP contribution in [0.5, 0.6) is 5.75 Å². The van der Waals surface area contributed by atoms with Crippen LogP contribution in [0, 0.1) is 0 Å².